The molecular formula is C11H12Cl2S. The monoisotopic (exact) mass is 246 g/mol. The summed E-state index contributed by atoms with van der Waals surface area (Å²) in [5, 5.41) is 1.72. The second kappa shape index (κ2) is 4.78. The first kappa shape index (κ1) is 10.7. The third kappa shape index (κ3) is 2.59. The zero-order valence-corrected chi connectivity index (χ0v) is 10.1. The maximum Gasteiger partial charge on any atom is 0.0458 e. The molecule has 1 saturated carbocycles. The molecule has 1 fully saturated rings. The van der Waals surface area contributed by atoms with Crippen LogP contribution in [0.4, 0.5) is 0 Å². The number of hydrogen-bond donors (Lipinski definition) is 0. The van der Waals surface area contributed by atoms with E-state index in [1.165, 1.54) is 17.7 Å². The van der Waals surface area contributed by atoms with E-state index in [9.17, 15) is 0 Å². The van der Waals surface area contributed by atoms with Crippen molar-refractivity contribution in [1.82, 2.24) is 0 Å². The fraction of sp³-hybridized carbons (Fsp3) is 0.455. The molecule has 2 atom stereocenters. The standard InChI is InChI=1S/C11H12Cl2S/c12-8-4-6-9(7-5-8)14-11-3-1-2-10(11)13/h4-7,10-11H,1-3H2. The van der Waals surface area contributed by atoms with E-state index in [2.05, 4.69) is 12.1 Å². The molecule has 0 heterocycles. The largest absolute Gasteiger partial charge is 0.122 e. The smallest absolute Gasteiger partial charge is 0.0458 e. The van der Waals surface area contributed by atoms with Gasteiger partial charge in [-0.15, -0.1) is 23.4 Å². The van der Waals surface area contributed by atoms with Gasteiger partial charge in [0.15, 0.2) is 0 Å². The molecule has 0 spiro atoms. The summed E-state index contributed by atoms with van der Waals surface area (Å²) < 4.78 is 0. The Morgan fingerprint density at radius 2 is 1.86 bits per heavy atom. The molecule has 14 heavy (non-hydrogen) atoms. The van der Waals surface area contributed by atoms with Crippen LogP contribution >= 0.6 is 35.0 Å². The third-order valence-electron chi connectivity index (χ3n) is 2.47. The Balaban J connectivity index is 2.00. The summed E-state index contributed by atoms with van der Waals surface area (Å²) in [5.74, 6) is 0. The minimum atomic E-state index is 0.343. The van der Waals surface area contributed by atoms with E-state index in [-0.39, 0.29) is 0 Å². The Bertz CT molecular complexity index is 297. The van der Waals surface area contributed by atoms with Crippen LogP contribution in [-0.2, 0) is 0 Å². The molecule has 76 valence electrons. The van der Waals surface area contributed by atoms with Gasteiger partial charge >= 0.3 is 0 Å². The molecule has 1 aromatic carbocycles. The van der Waals surface area contributed by atoms with Crippen LogP contribution in [0.5, 0.6) is 0 Å². The van der Waals surface area contributed by atoms with E-state index in [0.29, 0.717) is 10.6 Å². The summed E-state index contributed by atoms with van der Waals surface area (Å²) in [6.07, 6.45) is 3.66. The highest BCUT2D eigenvalue weighted by atomic mass is 35.5. The summed E-state index contributed by atoms with van der Waals surface area (Å²) in [5.41, 5.74) is 0. The highest BCUT2D eigenvalue weighted by Crippen LogP contribution is 2.37. The maximum absolute atomic E-state index is 6.21. The number of hydrogen-bond acceptors (Lipinski definition) is 1. The Labute approximate surface area is 99.0 Å². The molecule has 1 aliphatic rings. The van der Waals surface area contributed by atoms with Gasteiger partial charge in [-0.1, -0.05) is 18.0 Å². The summed E-state index contributed by atoms with van der Waals surface area (Å²) >= 11 is 13.9. The van der Waals surface area contributed by atoms with Crippen molar-refractivity contribution in [2.75, 3.05) is 0 Å². The van der Waals surface area contributed by atoms with E-state index in [0.717, 1.165) is 11.4 Å². The van der Waals surface area contributed by atoms with Gasteiger partial charge < -0.3 is 0 Å². The lowest BCUT2D eigenvalue weighted by Gasteiger charge is -2.12. The first-order chi connectivity index (χ1) is 6.75. The van der Waals surface area contributed by atoms with Crippen LogP contribution in [0.2, 0.25) is 5.02 Å². The molecular weight excluding hydrogens is 235 g/mol. The number of thioether (sulfide) groups is 1. The molecule has 0 aromatic heterocycles. The number of benzene rings is 1. The fourth-order valence-electron chi connectivity index (χ4n) is 1.70. The summed E-state index contributed by atoms with van der Waals surface area (Å²) in [6, 6.07) is 7.99. The molecule has 3 heteroatoms. The van der Waals surface area contributed by atoms with Gasteiger partial charge in [-0.2, -0.15) is 0 Å². The second-order valence-corrected chi connectivity index (χ2v) is 5.87. The zero-order valence-electron chi connectivity index (χ0n) is 7.75. The number of alkyl halides is 1. The lowest BCUT2D eigenvalue weighted by Crippen LogP contribution is -2.08. The Hall–Kier alpha value is 0.150. The third-order valence-corrected chi connectivity index (χ3v) is 4.81. The van der Waals surface area contributed by atoms with Gasteiger partial charge in [0, 0.05) is 20.5 Å². The van der Waals surface area contributed by atoms with Gasteiger partial charge in [-0.3, -0.25) is 0 Å². The maximum atomic E-state index is 6.21. The summed E-state index contributed by atoms with van der Waals surface area (Å²) in [4.78, 5) is 1.27. The molecule has 2 unspecified atom stereocenters. The number of rotatable bonds is 2. The van der Waals surface area contributed by atoms with Crippen molar-refractivity contribution in [2.45, 2.75) is 34.8 Å². The normalized spacial score (nSPS) is 26.7. The summed E-state index contributed by atoms with van der Waals surface area (Å²) in [6.45, 7) is 0. The SMILES string of the molecule is Clc1ccc(SC2CCCC2Cl)cc1. The first-order valence-corrected chi connectivity index (χ1v) is 6.51. The van der Waals surface area contributed by atoms with E-state index in [1.807, 2.05) is 23.9 Å². The first-order valence-electron chi connectivity index (χ1n) is 4.82. The lowest BCUT2D eigenvalue weighted by atomic mass is 10.4. The minimum absolute atomic E-state index is 0.343. The van der Waals surface area contributed by atoms with Crippen molar-refractivity contribution in [3.63, 3.8) is 0 Å². The lowest BCUT2D eigenvalue weighted by molar-refractivity contribution is 0.888. The Kier molecular flexibility index (Phi) is 3.64. The van der Waals surface area contributed by atoms with Crippen molar-refractivity contribution < 1.29 is 0 Å². The van der Waals surface area contributed by atoms with Crippen molar-refractivity contribution in [2.24, 2.45) is 0 Å². The van der Waals surface area contributed by atoms with Crippen molar-refractivity contribution >= 4 is 35.0 Å². The molecule has 0 bridgehead atoms. The van der Waals surface area contributed by atoms with Gasteiger partial charge in [-0.25, -0.2) is 0 Å². The van der Waals surface area contributed by atoms with Crippen LogP contribution in [0, 0.1) is 0 Å². The minimum Gasteiger partial charge on any atom is -0.122 e. The van der Waals surface area contributed by atoms with Crippen molar-refractivity contribution in [1.29, 1.82) is 0 Å². The molecule has 0 N–H and O–H groups in total. The fourth-order valence-corrected chi connectivity index (χ4v) is 3.47. The van der Waals surface area contributed by atoms with Gasteiger partial charge in [0.05, 0.1) is 0 Å². The number of halogens is 2. The van der Waals surface area contributed by atoms with Gasteiger partial charge in [0.25, 0.3) is 0 Å². The Morgan fingerprint density at radius 3 is 2.43 bits per heavy atom. The van der Waals surface area contributed by atoms with Crippen LogP contribution in [0.1, 0.15) is 19.3 Å². The predicted molar refractivity (Wildman–Crippen MR) is 64.6 cm³/mol. The molecule has 0 aliphatic heterocycles. The average molecular weight is 247 g/mol. The molecule has 1 aromatic rings. The van der Waals surface area contributed by atoms with Crippen molar-refractivity contribution in [3.8, 4) is 0 Å². The molecule has 1 aliphatic carbocycles. The highest BCUT2D eigenvalue weighted by molar-refractivity contribution is 8.00. The van der Waals surface area contributed by atoms with Crippen molar-refractivity contribution in [3.05, 3.63) is 29.3 Å². The predicted octanol–water partition coefficient (Wildman–Crippen LogP) is 4.59. The molecule has 0 nitrogen and oxygen atoms in total. The quantitative estimate of drug-likeness (QED) is 0.688. The molecule has 2 rings (SSSR count). The zero-order chi connectivity index (χ0) is 9.97. The molecule has 0 radical (unpaired) electrons. The van der Waals surface area contributed by atoms with E-state index < -0.39 is 0 Å². The van der Waals surface area contributed by atoms with E-state index >= 15 is 0 Å². The van der Waals surface area contributed by atoms with Gasteiger partial charge in [0.2, 0.25) is 0 Å². The topological polar surface area (TPSA) is 0 Å². The second-order valence-electron chi connectivity index (χ2n) is 3.56. The Morgan fingerprint density at radius 1 is 1.14 bits per heavy atom. The van der Waals surface area contributed by atoms with Gasteiger partial charge in [-0.05, 0) is 37.1 Å². The highest BCUT2D eigenvalue weighted by Gasteiger charge is 2.25. The van der Waals surface area contributed by atoms with Crippen LogP contribution in [-0.4, -0.2) is 10.6 Å². The van der Waals surface area contributed by atoms with Crippen LogP contribution in [0.25, 0.3) is 0 Å². The van der Waals surface area contributed by atoms with Crippen LogP contribution in [0.3, 0.4) is 0 Å². The average Bonchev–Trinajstić information content (AvgIpc) is 2.56. The van der Waals surface area contributed by atoms with E-state index in [4.69, 9.17) is 23.2 Å². The van der Waals surface area contributed by atoms with Crippen LogP contribution in [0.15, 0.2) is 29.2 Å². The van der Waals surface area contributed by atoms with Crippen LogP contribution < -0.4 is 0 Å². The van der Waals surface area contributed by atoms with E-state index in [1.54, 1.807) is 0 Å². The molecule has 0 amide bonds. The van der Waals surface area contributed by atoms with Gasteiger partial charge in [0.1, 0.15) is 0 Å². The molecule has 0 saturated heterocycles. The summed E-state index contributed by atoms with van der Waals surface area (Å²) in [7, 11) is 0.